The van der Waals surface area contributed by atoms with Gasteiger partial charge in [-0.2, -0.15) is 13.2 Å². The molecule has 11 nitrogen and oxygen atoms in total. The first kappa shape index (κ1) is 40.5. The molecule has 15 heteroatoms. The molecule has 0 aliphatic carbocycles. The zero-order valence-electron chi connectivity index (χ0n) is 26.8. The monoisotopic (exact) mass is 679 g/mol. The Kier molecular flexibility index (Phi) is 18.4. The normalized spacial score (nSPS) is 12.8. The Balaban J connectivity index is 0.00000541. The number of aryl methyl sites for hydroxylation is 1. The Morgan fingerprint density at radius 1 is 1.06 bits per heavy atom. The van der Waals surface area contributed by atoms with E-state index in [4.69, 9.17) is 16.6 Å². The maximum atomic E-state index is 12.5. The van der Waals surface area contributed by atoms with Gasteiger partial charge in [0.1, 0.15) is 10.8 Å². The summed E-state index contributed by atoms with van der Waals surface area (Å²) in [5.74, 6) is -1.95. The number of nitrogens with zero attached hydrogens (tertiary/aromatic N) is 2. The molecule has 0 bridgehead atoms. The van der Waals surface area contributed by atoms with E-state index in [9.17, 15) is 27.6 Å². The summed E-state index contributed by atoms with van der Waals surface area (Å²) in [6, 6.07) is 6.40. The van der Waals surface area contributed by atoms with Crippen molar-refractivity contribution in [2.75, 3.05) is 5.32 Å². The van der Waals surface area contributed by atoms with Crippen LogP contribution in [0, 0.1) is 0 Å². The van der Waals surface area contributed by atoms with Crippen LogP contribution in [0.5, 0.6) is 0 Å². The van der Waals surface area contributed by atoms with Crippen molar-refractivity contribution in [3.63, 3.8) is 0 Å². The number of hydrogen-bond acceptors (Lipinski definition) is 9. The quantitative estimate of drug-likeness (QED) is 0.103. The van der Waals surface area contributed by atoms with Gasteiger partial charge >= 0.3 is 6.18 Å². The molecule has 2 aromatic rings. The highest BCUT2D eigenvalue weighted by atomic mass is 32.1. The van der Waals surface area contributed by atoms with Crippen LogP contribution in [0.15, 0.2) is 72.2 Å². The lowest BCUT2D eigenvalue weighted by molar-refractivity contribution is -0.205. The van der Waals surface area contributed by atoms with Crippen molar-refractivity contribution in [1.29, 1.82) is 0 Å². The molecule has 0 aliphatic heterocycles. The number of carbonyl (C=O) groups excluding carboxylic acids is 3. The van der Waals surface area contributed by atoms with Crippen LogP contribution in [0.1, 0.15) is 69.0 Å². The highest BCUT2D eigenvalue weighted by Gasteiger charge is 2.43. The van der Waals surface area contributed by atoms with Crippen molar-refractivity contribution in [2.45, 2.75) is 84.5 Å². The third kappa shape index (κ3) is 16.6. The molecule has 0 fully saturated rings. The average Bonchev–Trinajstić information content (AvgIpc) is 3.47. The Hall–Kier alpha value is -4.50. The molecule has 1 aromatic carbocycles. The van der Waals surface area contributed by atoms with Crippen molar-refractivity contribution in [2.24, 2.45) is 11.5 Å². The second-order valence-corrected chi connectivity index (χ2v) is 11.0. The van der Waals surface area contributed by atoms with Gasteiger partial charge in [0.15, 0.2) is 0 Å². The van der Waals surface area contributed by atoms with Gasteiger partial charge in [0.2, 0.25) is 23.0 Å². The fourth-order valence-electron chi connectivity index (χ4n) is 3.85. The summed E-state index contributed by atoms with van der Waals surface area (Å²) in [4.78, 5) is 36.1. The number of nitrogens with one attached hydrogen (secondary N) is 3. The van der Waals surface area contributed by atoms with Crippen molar-refractivity contribution >= 4 is 34.2 Å². The Labute approximate surface area is 277 Å². The number of unbranched alkanes of at least 4 members (excludes halogenated alkanes) is 1. The van der Waals surface area contributed by atoms with Gasteiger partial charge in [0.05, 0.1) is 6.42 Å². The Bertz CT molecular complexity index is 1420. The zero-order valence-corrected chi connectivity index (χ0v) is 27.6. The fourth-order valence-corrected chi connectivity index (χ4v) is 4.64. The summed E-state index contributed by atoms with van der Waals surface area (Å²) in [6.07, 6.45) is 2.17. The van der Waals surface area contributed by atoms with Crippen LogP contribution in [-0.2, 0) is 33.8 Å². The predicted octanol–water partition coefficient (Wildman–Crippen LogP) is 4.67. The minimum Gasteiger partial charge on any atom is -0.402 e. The van der Waals surface area contributed by atoms with Gasteiger partial charge in [-0.05, 0) is 49.0 Å². The second-order valence-electron chi connectivity index (χ2n) is 9.92. The minimum absolute atomic E-state index is 0.0394. The molecule has 0 aliphatic rings. The molecule has 0 saturated heterocycles. The number of nitrogens with two attached hydrogens (primary N) is 2. The largest absolute Gasteiger partial charge is 0.423 e. The lowest BCUT2D eigenvalue weighted by Gasteiger charge is -2.14. The van der Waals surface area contributed by atoms with Crippen LogP contribution >= 0.6 is 11.3 Å². The van der Waals surface area contributed by atoms with E-state index in [-0.39, 0.29) is 37.0 Å². The van der Waals surface area contributed by atoms with Gasteiger partial charge in [-0.15, -0.1) is 10.2 Å². The number of aromatic nitrogens is 2. The number of benzene rings is 1. The number of alkyl halides is 3. The van der Waals surface area contributed by atoms with E-state index in [0.29, 0.717) is 34.8 Å². The van der Waals surface area contributed by atoms with Gasteiger partial charge in [0.25, 0.3) is 5.91 Å². The number of aliphatic hydroxyl groups is 1. The summed E-state index contributed by atoms with van der Waals surface area (Å²) >= 11 is 1.24. The molecule has 8 N–H and O–H groups in total. The van der Waals surface area contributed by atoms with Crippen LogP contribution in [0.25, 0.3) is 0 Å². The van der Waals surface area contributed by atoms with Crippen LogP contribution in [0.3, 0.4) is 0 Å². The van der Waals surface area contributed by atoms with Gasteiger partial charge in [-0.1, -0.05) is 80.7 Å². The van der Waals surface area contributed by atoms with Gasteiger partial charge in [-0.25, -0.2) is 0 Å². The van der Waals surface area contributed by atoms with E-state index in [1.54, 1.807) is 48.6 Å². The lowest BCUT2D eigenvalue weighted by Crippen LogP contribution is -2.43. The van der Waals surface area contributed by atoms with E-state index < -0.39 is 18.2 Å². The van der Waals surface area contributed by atoms with Crippen LogP contribution < -0.4 is 27.4 Å². The highest BCUT2D eigenvalue weighted by molar-refractivity contribution is 7.15. The maximum Gasteiger partial charge on any atom is 0.423 e. The SMILES string of the molecule is C=C/C=C(\CC)CC(=O)N/C(N)=C/C=C(\N)CCCCc1nnc(NC(=O)Cc2cccc(CNC(=O)C(O)C(F)(F)F)c2)s1.CC. The number of anilines is 1. The molecular formula is C32H44F3N7O4S. The number of halogens is 3. The van der Waals surface area contributed by atoms with Crippen molar-refractivity contribution in [1.82, 2.24) is 20.8 Å². The van der Waals surface area contributed by atoms with Crippen LogP contribution in [-0.4, -0.2) is 45.3 Å². The molecule has 0 radical (unpaired) electrons. The van der Waals surface area contributed by atoms with Crippen molar-refractivity contribution < 1.29 is 32.7 Å². The number of hydrogen-bond donors (Lipinski definition) is 6. The third-order valence-electron chi connectivity index (χ3n) is 6.16. The van der Waals surface area contributed by atoms with E-state index in [2.05, 4.69) is 27.4 Å². The van der Waals surface area contributed by atoms with Gasteiger partial charge in [-0.3, -0.25) is 14.4 Å². The molecule has 0 spiro atoms. The molecule has 1 aromatic heterocycles. The van der Waals surface area contributed by atoms with E-state index >= 15 is 0 Å². The van der Waals surface area contributed by atoms with Gasteiger partial charge < -0.3 is 32.5 Å². The third-order valence-corrected chi connectivity index (χ3v) is 7.05. The highest BCUT2D eigenvalue weighted by Crippen LogP contribution is 2.21. The molecule has 2 rings (SSSR count). The molecule has 1 atom stereocenters. The summed E-state index contributed by atoms with van der Waals surface area (Å²) < 4.78 is 37.4. The second kappa shape index (κ2) is 21.3. The summed E-state index contributed by atoms with van der Waals surface area (Å²) in [5.41, 5.74) is 14.5. The van der Waals surface area contributed by atoms with Crippen molar-refractivity contribution in [3.05, 3.63) is 88.4 Å². The number of aliphatic hydroxyl groups excluding tert-OH is 1. The maximum absolute atomic E-state index is 12.5. The first-order valence-corrected chi connectivity index (χ1v) is 15.9. The Morgan fingerprint density at radius 3 is 2.43 bits per heavy atom. The fraction of sp³-hybridized carbons (Fsp3) is 0.406. The van der Waals surface area contributed by atoms with E-state index in [1.165, 1.54) is 11.3 Å². The molecule has 47 heavy (non-hydrogen) atoms. The molecule has 0 saturated carbocycles. The lowest BCUT2D eigenvalue weighted by atomic mass is 10.1. The Morgan fingerprint density at radius 2 is 1.77 bits per heavy atom. The van der Waals surface area contributed by atoms with Gasteiger partial charge in [0, 0.05) is 25.1 Å². The topological polar surface area (TPSA) is 185 Å². The molecule has 1 unspecified atom stereocenters. The number of amides is 3. The summed E-state index contributed by atoms with van der Waals surface area (Å²) in [7, 11) is 0. The number of allylic oxidation sites excluding steroid dienone is 5. The molecule has 3 amide bonds. The average molecular weight is 680 g/mol. The van der Waals surface area contributed by atoms with E-state index in [1.807, 2.05) is 26.1 Å². The number of carbonyl (C=O) groups is 3. The standard InChI is InChI=1S/C30H38F3N7O4S.C2H6/c1-3-8-19(4-2)16-24(41)37-23(35)14-13-22(34)11-5-6-12-26-39-40-29(45-26)38-25(42)17-20-9-7-10-21(15-20)18-36-28(44)27(43)30(31,32)33;1-2/h3,7-10,13-15,27,43H,1,4-6,11-12,16-18,34-35H2,2H3,(H,36,44)(H,37,41)(H,38,40,42);1-2H3/b19-8+,22-13-,23-14+;. The van der Waals surface area contributed by atoms with Crippen LogP contribution in [0.4, 0.5) is 18.3 Å². The van der Waals surface area contributed by atoms with E-state index in [0.717, 1.165) is 29.8 Å². The summed E-state index contributed by atoms with van der Waals surface area (Å²) in [6.45, 7) is 9.34. The summed E-state index contributed by atoms with van der Waals surface area (Å²) in [5, 5.41) is 25.5. The van der Waals surface area contributed by atoms with Crippen molar-refractivity contribution in [3.8, 4) is 0 Å². The van der Waals surface area contributed by atoms with Crippen LogP contribution in [0.2, 0.25) is 0 Å². The first-order valence-electron chi connectivity index (χ1n) is 15.0. The molecule has 1 heterocycles. The molecular weight excluding hydrogens is 635 g/mol. The first-order chi connectivity index (χ1) is 22.3. The molecule has 258 valence electrons. The number of rotatable bonds is 17. The zero-order chi connectivity index (χ0) is 35.4. The minimum atomic E-state index is -5.06. The smallest absolute Gasteiger partial charge is 0.402 e. The predicted molar refractivity (Wildman–Crippen MR) is 177 cm³/mol.